The molecular formula is C10H6N4O. The van der Waals surface area contributed by atoms with E-state index in [1.807, 2.05) is 12.1 Å². The molecule has 0 aliphatic carbocycles. The maximum absolute atomic E-state index is 5.01. The maximum atomic E-state index is 5.01. The first-order chi connectivity index (χ1) is 7.45. The van der Waals surface area contributed by atoms with Crippen LogP contribution in [-0.2, 0) is 0 Å². The van der Waals surface area contributed by atoms with E-state index >= 15 is 0 Å². The Hall–Kier alpha value is -2.30. The molecule has 0 amide bonds. The van der Waals surface area contributed by atoms with Crippen molar-refractivity contribution in [3.63, 3.8) is 0 Å². The summed E-state index contributed by atoms with van der Waals surface area (Å²) < 4.78 is 5.01. The minimum absolute atomic E-state index is 0.911. The molecule has 0 saturated carbocycles. The van der Waals surface area contributed by atoms with E-state index in [1.54, 1.807) is 12.4 Å². The summed E-state index contributed by atoms with van der Waals surface area (Å²) >= 11 is 0. The van der Waals surface area contributed by atoms with Crippen LogP contribution in [-0.4, -0.2) is 20.3 Å². The standard InChI is InChI=1S/C10H6N4O/c1-3-11-7-5(1)9-10(14-15-13-9)6-2-4-12-8(6)7/h1-4,13-14H. The zero-order valence-corrected chi connectivity index (χ0v) is 7.61. The molecule has 15 heavy (non-hydrogen) atoms. The van der Waals surface area contributed by atoms with Crippen molar-refractivity contribution in [2.75, 3.05) is 0 Å². The van der Waals surface area contributed by atoms with Crippen LogP contribution in [0.5, 0.6) is 0 Å². The molecule has 0 bridgehead atoms. The third-order valence-corrected chi connectivity index (χ3v) is 2.72. The van der Waals surface area contributed by atoms with Gasteiger partial charge in [-0.05, 0) is 12.1 Å². The van der Waals surface area contributed by atoms with E-state index in [2.05, 4.69) is 20.3 Å². The van der Waals surface area contributed by atoms with Gasteiger partial charge in [0, 0.05) is 23.2 Å². The summed E-state index contributed by atoms with van der Waals surface area (Å²) in [6, 6.07) is 3.90. The number of H-pyrrole nitrogens is 2. The second kappa shape index (κ2) is 2.20. The fourth-order valence-corrected chi connectivity index (χ4v) is 2.06. The van der Waals surface area contributed by atoms with Crippen LogP contribution < -0.4 is 0 Å². The van der Waals surface area contributed by atoms with Crippen molar-refractivity contribution in [1.82, 2.24) is 20.3 Å². The van der Waals surface area contributed by atoms with E-state index in [1.165, 1.54) is 0 Å². The number of hydrogen-bond acceptors (Lipinski definition) is 3. The second-order valence-electron chi connectivity index (χ2n) is 3.47. The Morgan fingerprint density at radius 2 is 1.40 bits per heavy atom. The van der Waals surface area contributed by atoms with E-state index in [0.717, 1.165) is 32.8 Å². The number of benzene rings is 1. The van der Waals surface area contributed by atoms with E-state index in [9.17, 15) is 0 Å². The monoisotopic (exact) mass is 198 g/mol. The highest BCUT2D eigenvalue weighted by Crippen LogP contribution is 2.31. The van der Waals surface area contributed by atoms with Crippen molar-refractivity contribution in [2.24, 2.45) is 0 Å². The van der Waals surface area contributed by atoms with Crippen molar-refractivity contribution in [3.8, 4) is 0 Å². The Kier molecular flexibility index (Phi) is 1.03. The minimum atomic E-state index is 0.911. The van der Waals surface area contributed by atoms with Gasteiger partial charge in [-0.3, -0.25) is 14.6 Å². The number of aromatic amines is 2. The van der Waals surface area contributed by atoms with Crippen LogP contribution in [0.15, 0.2) is 29.2 Å². The van der Waals surface area contributed by atoms with Crippen LogP contribution in [0, 0.1) is 0 Å². The maximum Gasteiger partial charge on any atom is 0.111 e. The lowest BCUT2D eigenvalue weighted by molar-refractivity contribution is 0.316. The zero-order valence-electron chi connectivity index (χ0n) is 7.61. The fraction of sp³-hybridized carbons (Fsp3) is 0. The number of rotatable bonds is 0. The first kappa shape index (κ1) is 7.05. The number of nitrogens with zero attached hydrogens (tertiary/aromatic N) is 2. The van der Waals surface area contributed by atoms with Gasteiger partial charge >= 0.3 is 0 Å². The molecule has 4 aromatic rings. The molecule has 1 aromatic carbocycles. The molecule has 5 nitrogen and oxygen atoms in total. The summed E-state index contributed by atoms with van der Waals surface area (Å²) in [6.07, 6.45) is 3.55. The summed E-state index contributed by atoms with van der Waals surface area (Å²) in [6.45, 7) is 0. The predicted octanol–water partition coefficient (Wildman–Crippen LogP) is 2.19. The summed E-state index contributed by atoms with van der Waals surface area (Å²) in [7, 11) is 0. The largest absolute Gasteiger partial charge is 0.296 e. The first-order valence-corrected chi connectivity index (χ1v) is 4.62. The van der Waals surface area contributed by atoms with Gasteiger partial charge in [-0.2, -0.15) is 10.3 Å². The molecule has 0 fully saturated rings. The van der Waals surface area contributed by atoms with Gasteiger partial charge < -0.3 is 0 Å². The molecule has 3 aromatic heterocycles. The van der Waals surface area contributed by atoms with Gasteiger partial charge in [-0.25, -0.2) is 0 Å². The van der Waals surface area contributed by atoms with Crippen LogP contribution in [0.2, 0.25) is 0 Å². The smallest absolute Gasteiger partial charge is 0.111 e. The molecule has 5 heteroatoms. The first-order valence-electron chi connectivity index (χ1n) is 4.62. The van der Waals surface area contributed by atoms with Gasteiger partial charge in [0.1, 0.15) is 11.0 Å². The van der Waals surface area contributed by atoms with E-state index in [4.69, 9.17) is 4.63 Å². The molecule has 72 valence electrons. The van der Waals surface area contributed by atoms with Gasteiger partial charge in [0.25, 0.3) is 0 Å². The van der Waals surface area contributed by atoms with Crippen molar-refractivity contribution >= 4 is 32.8 Å². The van der Waals surface area contributed by atoms with Crippen LogP contribution in [0.1, 0.15) is 0 Å². The van der Waals surface area contributed by atoms with Gasteiger partial charge in [0.15, 0.2) is 0 Å². The lowest BCUT2D eigenvalue weighted by atomic mass is 10.1. The number of fused-ring (bicyclic) bond motifs is 6. The molecule has 4 rings (SSSR count). The highest BCUT2D eigenvalue weighted by molar-refractivity contribution is 6.20. The van der Waals surface area contributed by atoms with E-state index in [0.29, 0.717) is 0 Å². The molecule has 0 aliphatic heterocycles. The Balaban J connectivity index is 2.56. The Labute approximate surface area is 83.0 Å². The molecule has 0 atom stereocenters. The number of nitrogens with one attached hydrogen (secondary N) is 2. The Morgan fingerprint density at radius 3 is 1.93 bits per heavy atom. The topological polar surface area (TPSA) is 70.5 Å². The quantitative estimate of drug-likeness (QED) is 0.455. The molecule has 0 spiro atoms. The Morgan fingerprint density at radius 1 is 0.867 bits per heavy atom. The normalized spacial score (nSPS) is 12.0. The van der Waals surface area contributed by atoms with Crippen LogP contribution in [0.25, 0.3) is 32.8 Å². The van der Waals surface area contributed by atoms with Crippen LogP contribution >= 0.6 is 0 Å². The average Bonchev–Trinajstić information content (AvgIpc) is 2.97. The van der Waals surface area contributed by atoms with Crippen LogP contribution in [0.3, 0.4) is 0 Å². The third kappa shape index (κ3) is 0.698. The molecular weight excluding hydrogens is 192 g/mol. The summed E-state index contributed by atoms with van der Waals surface area (Å²) in [5, 5.41) is 7.72. The average molecular weight is 198 g/mol. The van der Waals surface area contributed by atoms with Crippen LogP contribution in [0.4, 0.5) is 0 Å². The number of aromatic nitrogens is 4. The molecule has 3 heterocycles. The van der Waals surface area contributed by atoms with Gasteiger partial charge in [-0.1, -0.05) is 0 Å². The zero-order chi connectivity index (χ0) is 9.83. The molecule has 0 radical (unpaired) electrons. The SMILES string of the molecule is c1cc2c(n1)c1nccc1c1[nH]o[nH]c21. The fourth-order valence-electron chi connectivity index (χ4n) is 2.06. The second-order valence-corrected chi connectivity index (χ2v) is 3.47. The van der Waals surface area contributed by atoms with E-state index < -0.39 is 0 Å². The molecule has 0 aliphatic rings. The van der Waals surface area contributed by atoms with Gasteiger partial charge in [0.05, 0.1) is 11.0 Å². The summed E-state index contributed by atoms with van der Waals surface area (Å²) in [4.78, 5) is 8.62. The Bertz CT molecular complexity index is 581. The summed E-state index contributed by atoms with van der Waals surface area (Å²) in [5.41, 5.74) is 3.69. The number of hydrogen-bond donors (Lipinski definition) is 2. The van der Waals surface area contributed by atoms with Crippen molar-refractivity contribution < 1.29 is 4.63 Å². The molecule has 0 saturated heterocycles. The van der Waals surface area contributed by atoms with E-state index in [-0.39, 0.29) is 0 Å². The van der Waals surface area contributed by atoms with Crippen molar-refractivity contribution in [3.05, 3.63) is 24.5 Å². The highest BCUT2D eigenvalue weighted by atomic mass is 16.6. The van der Waals surface area contributed by atoms with Gasteiger partial charge in [-0.15, -0.1) is 0 Å². The lowest BCUT2D eigenvalue weighted by Crippen LogP contribution is -1.77. The third-order valence-electron chi connectivity index (χ3n) is 2.72. The molecule has 0 unspecified atom stereocenters. The minimum Gasteiger partial charge on any atom is -0.296 e. The van der Waals surface area contributed by atoms with Crippen molar-refractivity contribution in [1.29, 1.82) is 0 Å². The van der Waals surface area contributed by atoms with Crippen molar-refractivity contribution in [2.45, 2.75) is 0 Å². The predicted molar refractivity (Wildman–Crippen MR) is 55.5 cm³/mol. The van der Waals surface area contributed by atoms with Gasteiger partial charge in [0.2, 0.25) is 0 Å². The summed E-state index contributed by atoms with van der Waals surface area (Å²) in [5.74, 6) is 0. The molecule has 2 N–H and O–H groups in total. The lowest BCUT2D eigenvalue weighted by Gasteiger charge is -1.93. The highest BCUT2D eigenvalue weighted by Gasteiger charge is 2.12.